The molecule has 1 atom stereocenters. The Kier molecular flexibility index (Phi) is 6.03. The number of rotatable bonds is 6. The molecule has 0 aliphatic carbocycles. The van der Waals surface area contributed by atoms with Crippen LogP contribution in [0.25, 0.3) is 0 Å². The number of hydrogen-bond acceptors (Lipinski definition) is 3. The van der Waals surface area contributed by atoms with E-state index in [9.17, 15) is 13.2 Å². The summed E-state index contributed by atoms with van der Waals surface area (Å²) in [5.74, 6) is -0.260. The highest BCUT2D eigenvalue weighted by Gasteiger charge is 2.22. The van der Waals surface area contributed by atoms with E-state index < -0.39 is 10.0 Å². The topological polar surface area (TPSA) is 66.5 Å². The average molecular weight is 409 g/mol. The second-order valence-electron chi connectivity index (χ2n) is 6.94. The van der Waals surface area contributed by atoms with Crippen molar-refractivity contribution in [3.05, 3.63) is 95.6 Å². The van der Waals surface area contributed by atoms with E-state index in [-0.39, 0.29) is 16.8 Å². The van der Waals surface area contributed by atoms with Crippen molar-refractivity contribution in [1.29, 1.82) is 0 Å². The predicted octanol–water partition coefficient (Wildman–Crippen LogP) is 4.31. The molecule has 1 amide bonds. The van der Waals surface area contributed by atoms with Crippen LogP contribution in [0.4, 0.5) is 5.69 Å². The molecule has 5 nitrogen and oxygen atoms in total. The summed E-state index contributed by atoms with van der Waals surface area (Å²) in [4.78, 5) is 12.9. The number of aryl methyl sites for hydroxylation is 1. The van der Waals surface area contributed by atoms with Gasteiger partial charge in [0.05, 0.1) is 16.6 Å². The first-order chi connectivity index (χ1) is 13.8. The van der Waals surface area contributed by atoms with Crippen LogP contribution < -0.4 is 9.62 Å². The van der Waals surface area contributed by atoms with Crippen molar-refractivity contribution in [1.82, 2.24) is 5.32 Å². The minimum Gasteiger partial charge on any atom is -0.346 e. The van der Waals surface area contributed by atoms with Gasteiger partial charge in [0, 0.05) is 12.6 Å². The van der Waals surface area contributed by atoms with Crippen LogP contribution in [-0.2, 0) is 10.0 Å². The fourth-order valence-corrected chi connectivity index (χ4v) is 4.14. The molecule has 0 heterocycles. The second-order valence-corrected chi connectivity index (χ2v) is 8.91. The summed E-state index contributed by atoms with van der Waals surface area (Å²) in [5, 5.41) is 2.95. The Bertz CT molecular complexity index is 1090. The normalized spacial score (nSPS) is 12.2. The largest absolute Gasteiger partial charge is 0.346 e. The van der Waals surface area contributed by atoms with Crippen LogP contribution in [0.3, 0.4) is 0 Å². The van der Waals surface area contributed by atoms with Crippen molar-refractivity contribution >= 4 is 21.6 Å². The van der Waals surface area contributed by atoms with Crippen LogP contribution in [0.15, 0.2) is 83.8 Å². The molecule has 0 aliphatic rings. The number of sulfonamides is 1. The van der Waals surface area contributed by atoms with Gasteiger partial charge in [-0.1, -0.05) is 54.1 Å². The van der Waals surface area contributed by atoms with Crippen molar-refractivity contribution in [3.8, 4) is 0 Å². The number of hydrogen-bond donors (Lipinski definition) is 1. The first kappa shape index (κ1) is 20.6. The fraction of sp³-hybridized carbons (Fsp3) is 0.174. The zero-order chi connectivity index (χ0) is 21.0. The Balaban J connectivity index is 1.81. The molecule has 0 bridgehead atoms. The van der Waals surface area contributed by atoms with Crippen LogP contribution in [0, 0.1) is 6.92 Å². The molecule has 0 radical (unpaired) electrons. The third-order valence-electron chi connectivity index (χ3n) is 4.80. The van der Waals surface area contributed by atoms with Crippen molar-refractivity contribution in [2.75, 3.05) is 11.4 Å². The molecule has 150 valence electrons. The number of amides is 1. The van der Waals surface area contributed by atoms with Gasteiger partial charge in [-0.05, 0) is 49.7 Å². The van der Waals surface area contributed by atoms with Crippen LogP contribution in [0.2, 0.25) is 0 Å². The Morgan fingerprint density at radius 2 is 1.59 bits per heavy atom. The first-order valence-corrected chi connectivity index (χ1v) is 10.7. The highest BCUT2D eigenvalue weighted by atomic mass is 32.2. The van der Waals surface area contributed by atoms with Gasteiger partial charge in [0.1, 0.15) is 0 Å². The molecule has 0 aromatic heterocycles. The summed E-state index contributed by atoms with van der Waals surface area (Å²) in [5.41, 5.74) is 2.80. The van der Waals surface area contributed by atoms with Gasteiger partial charge in [-0.15, -0.1) is 0 Å². The maximum Gasteiger partial charge on any atom is 0.264 e. The van der Waals surface area contributed by atoms with Gasteiger partial charge in [0.2, 0.25) is 0 Å². The lowest BCUT2D eigenvalue weighted by molar-refractivity contribution is 0.0940. The minimum absolute atomic E-state index is 0.165. The molecule has 1 N–H and O–H groups in total. The van der Waals surface area contributed by atoms with Gasteiger partial charge >= 0.3 is 0 Å². The van der Waals surface area contributed by atoms with Gasteiger partial charge in [-0.25, -0.2) is 8.42 Å². The Hall–Kier alpha value is -3.12. The van der Waals surface area contributed by atoms with E-state index in [1.807, 2.05) is 44.2 Å². The number of carbonyl (C=O) groups is 1. The number of benzene rings is 3. The van der Waals surface area contributed by atoms with Crippen molar-refractivity contribution in [3.63, 3.8) is 0 Å². The van der Waals surface area contributed by atoms with E-state index in [2.05, 4.69) is 5.32 Å². The minimum atomic E-state index is -3.72. The molecule has 29 heavy (non-hydrogen) atoms. The molecular formula is C23H24N2O3S. The van der Waals surface area contributed by atoms with Crippen LogP contribution >= 0.6 is 0 Å². The zero-order valence-electron chi connectivity index (χ0n) is 16.7. The Morgan fingerprint density at radius 3 is 2.24 bits per heavy atom. The molecular weight excluding hydrogens is 384 g/mol. The standard InChI is InChI=1S/C23H24N2O3S/c1-17-12-14-22(15-13-17)29(27,28)25(3)21-11-7-10-20(16-21)23(26)24-18(2)19-8-5-4-6-9-19/h4-16,18H,1-3H3,(H,24,26). The summed E-state index contributed by atoms with van der Waals surface area (Å²) >= 11 is 0. The lowest BCUT2D eigenvalue weighted by Gasteiger charge is -2.20. The molecule has 3 aromatic rings. The fourth-order valence-electron chi connectivity index (χ4n) is 2.96. The van der Waals surface area contributed by atoms with Crippen molar-refractivity contribution in [2.45, 2.75) is 24.8 Å². The maximum absolute atomic E-state index is 12.9. The van der Waals surface area contributed by atoms with E-state index in [1.165, 1.54) is 11.4 Å². The van der Waals surface area contributed by atoms with Crippen LogP contribution in [0.5, 0.6) is 0 Å². The number of nitrogens with zero attached hydrogens (tertiary/aromatic N) is 1. The molecule has 6 heteroatoms. The van der Waals surface area contributed by atoms with E-state index in [4.69, 9.17) is 0 Å². The van der Waals surface area contributed by atoms with Gasteiger partial charge in [-0.3, -0.25) is 9.10 Å². The van der Waals surface area contributed by atoms with Gasteiger partial charge in [0.25, 0.3) is 15.9 Å². The average Bonchev–Trinajstić information content (AvgIpc) is 2.74. The van der Waals surface area contributed by atoms with E-state index in [0.717, 1.165) is 11.1 Å². The lowest BCUT2D eigenvalue weighted by Crippen LogP contribution is -2.28. The third-order valence-corrected chi connectivity index (χ3v) is 6.60. The molecule has 3 rings (SSSR count). The Morgan fingerprint density at radius 1 is 0.931 bits per heavy atom. The highest BCUT2D eigenvalue weighted by molar-refractivity contribution is 7.92. The SMILES string of the molecule is Cc1ccc(S(=O)(=O)N(C)c2cccc(C(=O)NC(C)c3ccccc3)c2)cc1. The summed E-state index contributed by atoms with van der Waals surface area (Å²) in [6.45, 7) is 3.81. The van der Waals surface area contributed by atoms with Crippen molar-refractivity contribution in [2.24, 2.45) is 0 Å². The monoisotopic (exact) mass is 408 g/mol. The smallest absolute Gasteiger partial charge is 0.264 e. The van der Waals surface area contributed by atoms with E-state index >= 15 is 0 Å². The summed E-state index contributed by atoms with van der Waals surface area (Å²) < 4.78 is 27.0. The molecule has 0 aliphatic heterocycles. The van der Waals surface area contributed by atoms with Gasteiger partial charge in [-0.2, -0.15) is 0 Å². The highest BCUT2D eigenvalue weighted by Crippen LogP contribution is 2.23. The van der Waals surface area contributed by atoms with Crippen molar-refractivity contribution < 1.29 is 13.2 Å². The quantitative estimate of drug-likeness (QED) is 0.661. The molecule has 0 saturated carbocycles. The number of anilines is 1. The van der Waals surface area contributed by atoms with Gasteiger partial charge < -0.3 is 5.32 Å². The zero-order valence-corrected chi connectivity index (χ0v) is 17.5. The summed E-state index contributed by atoms with van der Waals surface area (Å²) in [7, 11) is -2.23. The maximum atomic E-state index is 12.9. The number of nitrogens with one attached hydrogen (secondary N) is 1. The van der Waals surface area contributed by atoms with Crippen LogP contribution in [-0.4, -0.2) is 21.4 Å². The molecule has 0 saturated heterocycles. The van der Waals surface area contributed by atoms with Crippen LogP contribution in [0.1, 0.15) is 34.5 Å². The summed E-state index contributed by atoms with van der Waals surface area (Å²) in [6, 6.07) is 22.8. The summed E-state index contributed by atoms with van der Waals surface area (Å²) in [6.07, 6.45) is 0. The second kappa shape index (κ2) is 8.49. The predicted molar refractivity (Wildman–Crippen MR) is 116 cm³/mol. The third kappa shape index (κ3) is 4.66. The van der Waals surface area contributed by atoms with Gasteiger partial charge in [0.15, 0.2) is 0 Å². The number of carbonyl (C=O) groups excluding carboxylic acids is 1. The van der Waals surface area contributed by atoms with E-state index in [0.29, 0.717) is 11.3 Å². The van der Waals surface area contributed by atoms with E-state index in [1.54, 1.807) is 48.5 Å². The Labute approximate surface area is 172 Å². The molecule has 3 aromatic carbocycles. The first-order valence-electron chi connectivity index (χ1n) is 9.30. The molecule has 0 spiro atoms. The molecule has 1 unspecified atom stereocenters. The molecule has 0 fully saturated rings. The lowest BCUT2D eigenvalue weighted by atomic mass is 10.1.